The first-order chi connectivity index (χ1) is 10.0. The molecule has 0 aliphatic rings. The summed E-state index contributed by atoms with van der Waals surface area (Å²) in [6.45, 7) is 2.17. The largest absolute Gasteiger partial charge is 0.491 e. The van der Waals surface area contributed by atoms with Crippen LogP contribution in [0, 0.1) is 0 Å². The van der Waals surface area contributed by atoms with E-state index in [-0.39, 0.29) is 6.61 Å². The molecule has 2 aromatic rings. The summed E-state index contributed by atoms with van der Waals surface area (Å²) in [4.78, 5) is 0. The predicted octanol–water partition coefficient (Wildman–Crippen LogP) is 3.27. The molecule has 0 aliphatic carbocycles. The lowest BCUT2D eigenvalue weighted by atomic mass is 10.2. The van der Waals surface area contributed by atoms with Crippen molar-refractivity contribution in [3.05, 3.63) is 45.7 Å². The Hall–Kier alpha value is -1.23. The number of benzene rings is 1. The van der Waals surface area contributed by atoms with E-state index in [4.69, 9.17) is 27.9 Å². The summed E-state index contributed by atoms with van der Waals surface area (Å²) in [5.74, 6) is 0.631. The molecule has 21 heavy (non-hydrogen) atoms. The number of aliphatic hydroxyl groups is 1. The zero-order chi connectivity index (χ0) is 15.4. The molecule has 0 bridgehead atoms. The van der Waals surface area contributed by atoms with Gasteiger partial charge < -0.3 is 9.84 Å². The third-order valence-corrected chi connectivity index (χ3v) is 3.84. The second-order valence-corrected chi connectivity index (χ2v) is 5.63. The fourth-order valence-electron chi connectivity index (χ4n) is 2.07. The molecule has 0 radical (unpaired) electrons. The van der Waals surface area contributed by atoms with Gasteiger partial charge in [0.2, 0.25) is 0 Å². The van der Waals surface area contributed by atoms with Crippen molar-refractivity contribution in [2.24, 2.45) is 7.05 Å². The lowest BCUT2D eigenvalue weighted by Crippen LogP contribution is -2.21. The van der Waals surface area contributed by atoms with Crippen LogP contribution in [0.25, 0.3) is 0 Å². The van der Waals surface area contributed by atoms with Crippen LogP contribution >= 0.6 is 23.2 Å². The van der Waals surface area contributed by atoms with E-state index in [0.29, 0.717) is 22.2 Å². The average molecular weight is 329 g/mol. The number of hydrogen-bond acceptors (Lipinski definition) is 3. The number of aromatic nitrogens is 2. The maximum atomic E-state index is 10.1. The van der Waals surface area contributed by atoms with Gasteiger partial charge in [-0.25, -0.2) is 0 Å². The quantitative estimate of drug-likeness (QED) is 0.885. The van der Waals surface area contributed by atoms with Crippen LogP contribution in [0.3, 0.4) is 0 Å². The maximum Gasteiger partial charge on any atom is 0.120 e. The molecule has 6 heteroatoms. The zero-order valence-electron chi connectivity index (χ0n) is 12.0. The molecule has 4 nitrogen and oxygen atoms in total. The van der Waals surface area contributed by atoms with E-state index in [2.05, 4.69) is 5.10 Å². The third-order valence-electron chi connectivity index (χ3n) is 3.17. The SMILES string of the molecule is CCc1nn(C)c(CC(O)COc2cccc(Cl)c2)c1Cl. The van der Waals surface area contributed by atoms with E-state index in [1.807, 2.05) is 14.0 Å². The van der Waals surface area contributed by atoms with E-state index in [1.54, 1.807) is 28.9 Å². The Bertz CT molecular complexity index is 614. The minimum Gasteiger partial charge on any atom is -0.491 e. The Balaban J connectivity index is 1.96. The highest BCUT2D eigenvalue weighted by Gasteiger charge is 2.17. The Morgan fingerprint density at radius 1 is 1.38 bits per heavy atom. The van der Waals surface area contributed by atoms with Crippen molar-refractivity contribution >= 4 is 23.2 Å². The molecule has 0 saturated heterocycles. The van der Waals surface area contributed by atoms with E-state index in [0.717, 1.165) is 17.8 Å². The molecule has 0 spiro atoms. The minimum absolute atomic E-state index is 0.170. The summed E-state index contributed by atoms with van der Waals surface area (Å²) in [7, 11) is 1.82. The number of aryl methyl sites for hydroxylation is 2. The molecule has 1 N–H and O–H groups in total. The van der Waals surface area contributed by atoms with E-state index in [1.165, 1.54) is 0 Å². The van der Waals surface area contributed by atoms with Gasteiger partial charge in [0.25, 0.3) is 0 Å². The highest BCUT2D eigenvalue weighted by atomic mass is 35.5. The van der Waals surface area contributed by atoms with E-state index in [9.17, 15) is 5.11 Å². The van der Waals surface area contributed by atoms with Crippen molar-refractivity contribution in [2.75, 3.05) is 6.61 Å². The summed E-state index contributed by atoms with van der Waals surface area (Å²) in [6.07, 6.45) is 0.492. The molecule has 114 valence electrons. The van der Waals surface area contributed by atoms with Gasteiger partial charge in [0.05, 0.1) is 22.5 Å². The van der Waals surface area contributed by atoms with Crippen molar-refractivity contribution in [2.45, 2.75) is 25.9 Å². The standard InChI is InChI=1S/C15H18Cl2N2O2/c1-3-13-15(17)14(19(2)18-13)8-11(20)9-21-12-6-4-5-10(16)7-12/h4-7,11,20H,3,8-9H2,1-2H3. The first-order valence-electron chi connectivity index (χ1n) is 6.78. The van der Waals surface area contributed by atoms with Gasteiger partial charge in [0, 0.05) is 18.5 Å². The van der Waals surface area contributed by atoms with Crippen molar-refractivity contribution < 1.29 is 9.84 Å². The van der Waals surface area contributed by atoms with Crippen LogP contribution in [-0.4, -0.2) is 27.6 Å². The van der Waals surface area contributed by atoms with Crippen LogP contribution in [0.2, 0.25) is 10.0 Å². The second-order valence-electron chi connectivity index (χ2n) is 4.81. The molecule has 0 saturated carbocycles. The molecule has 1 aromatic heterocycles. The number of hydrogen-bond donors (Lipinski definition) is 1. The van der Waals surface area contributed by atoms with Crippen molar-refractivity contribution in [1.29, 1.82) is 0 Å². The van der Waals surface area contributed by atoms with Gasteiger partial charge >= 0.3 is 0 Å². The fraction of sp³-hybridized carbons (Fsp3) is 0.400. The molecule has 0 amide bonds. The van der Waals surface area contributed by atoms with Gasteiger partial charge in [-0.1, -0.05) is 36.2 Å². The zero-order valence-corrected chi connectivity index (χ0v) is 13.5. The Morgan fingerprint density at radius 2 is 2.14 bits per heavy atom. The molecule has 0 fully saturated rings. The second kappa shape index (κ2) is 7.16. The maximum absolute atomic E-state index is 10.1. The minimum atomic E-state index is -0.665. The van der Waals surface area contributed by atoms with Gasteiger partial charge in [0.1, 0.15) is 12.4 Å². The number of ether oxygens (including phenoxy) is 1. The van der Waals surface area contributed by atoms with E-state index >= 15 is 0 Å². The summed E-state index contributed by atoms with van der Waals surface area (Å²) < 4.78 is 7.24. The lowest BCUT2D eigenvalue weighted by Gasteiger charge is -2.13. The summed E-state index contributed by atoms with van der Waals surface area (Å²) in [5.41, 5.74) is 1.66. The third kappa shape index (κ3) is 4.13. The van der Waals surface area contributed by atoms with Crippen LogP contribution in [0.5, 0.6) is 5.75 Å². The fourth-order valence-corrected chi connectivity index (χ4v) is 2.62. The normalized spacial score (nSPS) is 12.4. The van der Waals surface area contributed by atoms with Crippen molar-refractivity contribution in [1.82, 2.24) is 9.78 Å². The van der Waals surface area contributed by atoms with Gasteiger partial charge in [-0.15, -0.1) is 0 Å². The Kier molecular flexibility index (Phi) is 5.51. The topological polar surface area (TPSA) is 47.3 Å². The summed E-state index contributed by atoms with van der Waals surface area (Å²) in [6, 6.07) is 7.08. The van der Waals surface area contributed by atoms with Crippen LogP contribution < -0.4 is 4.74 Å². The van der Waals surface area contributed by atoms with Crippen molar-refractivity contribution in [3.63, 3.8) is 0 Å². The summed E-state index contributed by atoms with van der Waals surface area (Å²) in [5, 5.41) is 15.7. The van der Waals surface area contributed by atoms with Crippen LogP contribution in [0.1, 0.15) is 18.3 Å². The predicted molar refractivity (Wildman–Crippen MR) is 84.3 cm³/mol. The Labute approximate surface area is 134 Å². The van der Waals surface area contributed by atoms with Gasteiger partial charge in [-0.05, 0) is 24.6 Å². The van der Waals surface area contributed by atoms with Crippen molar-refractivity contribution in [3.8, 4) is 5.75 Å². The number of nitrogens with zero attached hydrogens (tertiary/aromatic N) is 2. The van der Waals surface area contributed by atoms with Crippen LogP contribution in [-0.2, 0) is 19.9 Å². The molecule has 0 aliphatic heterocycles. The smallest absolute Gasteiger partial charge is 0.120 e. The average Bonchev–Trinajstić information content (AvgIpc) is 2.72. The number of aliphatic hydroxyl groups excluding tert-OH is 1. The van der Waals surface area contributed by atoms with Gasteiger partial charge in [0.15, 0.2) is 0 Å². The molecule has 1 heterocycles. The molecular formula is C15H18Cl2N2O2. The molecule has 1 unspecified atom stereocenters. The Morgan fingerprint density at radius 3 is 2.76 bits per heavy atom. The molecular weight excluding hydrogens is 311 g/mol. The van der Waals surface area contributed by atoms with Gasteiger partial charge in [-0.2, -0.15) is 5.10 Å². The molecule has 2 rings (SSSR count). The number of halogens is 2. The molecule has 1 aromatic carbocycles. The van der Waals surface area contributed by atoms with Crippen LogP contribution in [0.4, 0.5) is 0 Å². The van der Waals surface area contributed by atoms with E-state index < -0.39 is 6.10 Å². The number of rotatable bonds is 6. The first-order valence-corrected chi connectivity index (χ1v) is 7.53. The highest BCUT2D eigenvalue weighted by Crippen LogP contribution is 2.22. The highest BCUT2D eigenvalue weighted by molar-refractivity contribution is 6.32. The van der Waals surface area contributed by atoms with Crippen LogP contribution in [0.15, 0.2) is 24.3 Å². The summed E-state index contributed by atoms with van der Waals surface area (Å²) >= 11 is 12.1. The lowest BCUT2D eigenvalue weighted by molar-refractivity contribution is 0.106. The monoisotopic (exact) mass is 328 g/mol. The first kappa shape index (κ1) is 16.1. The van der Waals surface area contributed by atoms with Gasteiger partial charge in [-0.3, -0.25) is 4.68 Å². The molecule has 1 atom stereocenters.